The summed E-state index contributed by atoms with van der Waals surface area (Å²) in [5.74, 6) is 0.480. The maximum absolute atomic E-state index is 12.3. The number of nitrogens with zero attached hydrogens (tertiary/aromatic N) is 2. The van der Waals surface area contributed by atoms with Crippen LogP contribution in [0.2, 0.25) is 0 Å². The van der Waals surface area contributed by atoms with Crippen LogP contribution in [-0.4, -0.2) is 42.0 Å². The zero-order valence-electron chi connectivity index (χ0n) is 13.7. The maximum atomic E-state index is 12.3. The fourth-order valence-electron chi connectivity index (χ4n) is 2.92. The predicted octanol–water partition coefficient (Wildman–Crippen LogP) is 2.18. The summed E-state index contributed by atoms with van der Waals surface area (Å²) in [5.41, 5.74) is 0.685. The lowest BCUT2D eigenvalue weighted by molar-refractivity contribution is -0.117. The van der Waals surface area contributed by atoms with Gasteiger partial charge in [-0.3, -0.25) is 9.59 Å². The van der Waals surface area contributed by atoms with Crippen LogP contribution in [0.4, 0.5) is 5.69 Å². The molecule has 1 aromatic carbocycles. The van der Waals surface area contributed by atoms with Gasteiger partial charge in [-0.05, 0) is 30.7 Å². The van der Waals surface area contributed by atoms with Gasteiger partial charge >= 0.3 is 0 Å². The number of phenolic OH excluding ortho intramolecular Hbond substituents is 1. The van der Waals surface area contributed by atoms with E-state index in [2.05, 4.69) is 4.98 Å². The van der Waals surface area contributed by atoms with Crippen LogP contribution in [0.3, 0.4) is 0 Å². The number of amides is 1. The van der Waals surface area contributed by atoms with Crippen LogP contribution in [0.25, 0.3) is 0 Å². The third-order valence-corrected chi connectivity index (χ3v) is 4.12. The summed E-state index contributed by atoms with van der Waals surface area (Å²) in [5, 5.41) is 9.72. The van der Waals surface area contributed by atoms with E-state index in [1.165, 1.54) is 13.2 Å². The molecule has 1 amide bonds. The number of pyridine rings is 1. The van der Waals surface area contributed by atoms with Gasteiger partial charge in [-0.1, -0.05) is 6.07 Å². The van der Waals surface area contributed by atoms with Crippen molar-refractivity contribution in [3.63, 3.8) is 0 Å². The smallest absolute Gasteiger partial charge is 0.237 e. The summed E-state index contributed by atoms with van der Waals surface area (Å²) >= 11 is 0. The topological polar surface area (TPSA) is 89.0 Å². The zero-order valence-corrected chi connectivity index (χ0v) is 13.7. The van der Waals surface area contributed by atoms with Gasteiger partial charge in [-0.15, -0.1) is 0 Å². The Morgan fingerprint density at radius 1 is 1.36 bits per heavy atom. The van der Waals surface area contributed by atoms with Crippen LogP contribution in [0.1, 0.15) is 23.2 Å². The number of aldehydes is 1. The number of rotatable bonds is 6. The highest BCUT2D eigenvalue weighted by Crippen LogP contribution is 2.33. The third-order valence-electron chi connectivity index (χ3n) is 4.12. The van der Waals surface area contributed by atoms with Crippen molar-refractivity contribution in [2.24, 2.45) is 0 Å². The first-order valence-corrected chi connectivity index (χ1v) is 7.86. The summed E-state index contributed by atoms with van der Waals surface area (Å²) in [6, 6.07) is 7.92. The molecule has 7 heteroatoms. The number of hydrogen-bond acceptors (Lipinski definition) is 6. The lowest BCUT2D eigenvalue weighted by atomic mass is 10.2. The number of hydrogen-bond donors (Lipinski definition) is 1. The Bertz CT molecular complexity index is 793. The molecule has 3 rings (SSSR count). The van der Waals surface area contributed by atoms with Crippen molar-refractivity contribution < 1.29 is 24.2 Å². The molecule has 0 bridgehead atoms. The molecule has 1 saturated heterocycles. The van der Waals surface area contributed by atoms with Crippen molar-refractivity contribution in [3.8, 4) is 17.4 Å². The van der Waals surface area contributed by atoms with E-state index in [0.29, 0.717) is 30.7 Å². The first-order valence-electron chi connectivity index (χ1n) is 7.86. The average Bonchev–Trinajstić information content (AvgIpc) is 3.00. The number of aromatic hydroxyl groups is 1. The molecule has 130 valence electrons. The van der Waals surface area contributed by atoms with Crippen LogP contribution in [0, 0.1) is 0 Å². The Balaban J connectivity index is 1.81. The van der Waals surface area contributed by atoms with Crippen LogP contribution >= 0.6 is 0 Å². The maximum Gasteiger partial charge on any atom is 0.237 e. The molecule has 1 N–H and O–H groups in total. The molecule has 0 radical (unpaired) electrons. The summed E-state index contributed by atoms with van der Waals surface area (Å²) in [6.45, 7) is 0.189. The number of methoxy groups -OCH3 is 1. The van der Waals surface area contributed by atoms with E-state index in [1.54, 1.807) is 35.4 Å². The lowest BCUT2D eigenvalue weighted by Gasteiger charge is -2.26. The number of ether oxygens (including phenoxy) is 2. The number of carbonyl (C=O) groups is 2. The average molecular weight is 342 g/mol. The standard InChI is InChI=1S/C18H18N2O5/c1-24-18-14(4-3-9-19-18)20-12(7-8-17(20)23)11-25-16-6-2-5-15(22)13(16)10-21/h2-6,9-10,12,22H,7-8,11H2,1H3/t12-/m0/s1. The second kappa shape index (κ2) is 7.21. The van der Waals surface area contributed by atoms with Gasteiger partial charge in [0.25, 0.3) is 0 Å². The zero-order chi connectivity index (χ0) is 17.8. The molecule has 0 spiro atoms. The summed E-state index contributed by atoms with van der Waals surface area (Å²) in [4.78, 5) is 29.2. The van der Waals surface area contributed by atoms with E-state index in [4.69, 9.17) is 9.47 Å². The minimum Gasteiger partial charge on any atom is -0.507 e. The molecule has 1 atom stereocenters. The Hall–Kier alpha value is -3.09. The minimum atomic E-state index is -0.215. The Morgan fingerprint density at radius 3 is 2.96 bits per heavy atom. The van der Waals surface area contributed by atoms with Crippen molar-refractivity contribution in [3.05, 3.63) is 42.1 Å². The van der Waals surface area contributed by atoms with Crippen LogP contribution < -0.4 is 14.4 Å². The molecule has 1 fully saturated rings. The molecule has 0 saturated carbocycles. The highest BCUT2D eigenvalue weighted by atomic mass is 16.5. The molecule has 1 aliphatic heterocycles. The van der Waals surface area contributed by atoms with E-state index in [-0.39, 0.29) is 35.6 Å². The van der Waals surface area contributed by atoms with Crippen LogP contribution in [0.5, 0.6) is 17.4 Å². The highest BCUT2D eigenvalue weighted by molar-refractivity contribution is 5.97. The molecule has 2 heterocycles. The third kappa shape index (κ3) is 3.26. The summed E-state index contributed by atoms with van der Waals surface area (Å²) in [7, 11) is 1.50. The lowest BCUT2D eigenvalue weighted by Crippen LogP contribution is -2.37. The Labute approximate surface area is 144 Å². The van der Waals surface area contributed by atoms with Gasteiger partial charge in [0.2, 0.25) is 11.8 Å². The van der Waals surface area contributed by atoms with Gasteiger partial charge in [-0.2, -0.15) is 0 Å². The number of anilines is 1. The van der Waals surface area contributed by atoms with Crippen molar-refractivity contribution in [1.29, 1.82) is 0 Å². The first-order chi connectivity index (χ1) is 12.2. The largest absolute Gasteiger partial charge is 0.507 e. The summed E-state index contributed by atoms with van der Waals surface area (Å²) in [6.07, 6.45) is 3.16. The molecule has 25 heavy (non-hydrogen) atoms. The quantitative estimate of drug-likeness (QED) is 0.810. The molecular formula is C18H18N2O5. The number of carbonyl (C=O) groups excluding carboxylic acids is 2. The van der Waals surface area contributed by atoms with Gasteiger partial charge in [-0.25, -0.2) is 4.98 Å². The molecular weight excluding hydrogens is 324 g/mol. The van der Waals surface area contributed by atoms with Crippen molar-refractivity contribution in [2.75, 3.05) is 18.6 Å². The number of aromatic nitrogens is 1. The predicted molar refractivity (Wildman–Crippen MR) is 90.3 cm³/mol. The van der Waals surface area contributed by atoms with Gasteiger partial charge in [0.05, 0.1) is 18.7 Å². The normalized spacial score (nSPS) is 16.8. The second-order valence-corrected chi connectivity index (χ2v) is 5.61. The second-order valence-electron chi connectivity index (χ2n) is 5.61. The van der Waals surface area contributed by atoms with E-state index in [9.17, 15) is 14.7 Å². The Morgan fingerprint density at radius 2 is 2.20 bits per heavy atom. The fourth-order valence-corrected chi connectivity index (χ4v) is 2.92. The van der Waals surface area contributed by atoms with Crippen LogP contribution in [0.15, 0.2) is 36.5 Å². The van der Waals surface area contributed by atoms with Crippen molar-refractivity contribution in [1.82, 2.24) is 4.98 Å². The molecule has 0 unspecified atom stereocenters. The van der Waals surface area contributed by atoms with Crippen molar-refractivity contribution >= 4 is 17.9 Å². The van der Waals surface area contributed by atoms with Gasteiger partial charge in [0.1, 0.15) is 23.8 Å². The molecule has 7 nitrogen and oxygen atoms in total. The van der Waals surface area contributed by atoms with E-state index in [1.807, 2.05) is 0 Å². The summed E-state index contributed by atoms with van der Waals surface area (Å²) < 4.78 is 11.0. The number of benzene rings is 1. The van der Waals surface area contributed by atoms with Gasteiger partial charge in [0.15, 0.2) is 6.29 Å². The minimum absolute atomic E-state index is 0.0357. The van der Waals surface area contributed by atoms with Crippen LogP contribution in [-0.2, 0) is 4.79 Å². The molecule has 0 aliphatic carbocycles. The molecule has 2 aromatic rings. The van der Waals surface area contributed by atoms with E-state index >= 15 is 0 Å². The Kier molecular flexibility index (Phi) is 4.83. The van der Waals surface area contributed by atoms with Crippen molar-refractivity contribution in [2.45, 2.75) is 18.9 Å². The SMILES string of the molecule is COc1ncccc1N1C(=O)CC[C@H]1COc1cccc(O)c1C=O. The molecule has 1 aromatic heterocycles. The number of phenols is 1. The van der Waals surface area contributed by atoms with E-state index < -0.39 is 0 Å². The van der Waals surface area contributed by atoms with Gasteiger partial charge < -0.3 is 19.5 Å². The molecule has 1 aliphatic rings. The van der Waals surface area contributed by atoms with Gasteiger partial charge in [0, 0.05) is 12.6 Å². The highest BCUT2D eigenvalue weighted by Gasteiger charge is 2.34. The fraction of sp³-hybridized carbons (Fsp3) is 0.278. The first kappa shape index (κ1) is 16.8. The monoisotopic (exact) mass is 342 g/mol. The van der Waals surface area contributed by atoms with E-state index in [0.717, 1.165) is 0 Å².